The number of carbonyl (C=O) groups is 1. The van der Waals surface area contributed by atoms with Gasteiger partial charge in [-0.15, -0.1) is 0 Å². The van der Waals surface area contributed by atoms with E-state index in [1.54, 1.807) is 30.3 Å². The van der Waals surface area contributed by atoms with Gasteiger partial charge in [-0.1, -0.05) is 18.2 Å². The van der Waals surface area contributed by atoms with Gasteiger partial charge in [-0.2, -0.15) is 0 Å². The molecule has 8 nitrogen and oxygen atoms in total. The minimum atomic E-state index is -0.645. The zero-order chi connectivity index (χ0) is 23.4. The number of nitrogens with zero attached hydrogens (tertiary/aromatic N) is 2. The van der Waals surface area contributed by atoms with E-state index in [1.165, 1.54) is 49.6 Å². The second-order valence-electron chi connectivity index (χ2n) is 6.97. The third kappa shape index (κ3) is 5.04. The van der Waals surface area contributed by atoms with Gasteiger partial charge in [-0.3, -0.25) is 10.1 Å². The minimum absolute atomic E-state index is 0.0585. The first-order chi connectivity index (χ1) is 15.9. The molecule has 1 aliphatic heterocycles. The van der Waals surface area contributed by atoms with Gasteiger partial charge in [0.15, 0.2) is 17.2 Å². The van der Waals surface area contributed by atoms with Crippen molar-refractivity contribution < 1.29 is 28.3 Å². The van der Waals surface area contributed by atoms with Gasteiger partial charge in [0.1, 0.15) is 12.4 Å². The fourth-order valence-corrected chi connectivity index (χ4v) is 3.10. The second kappa shape index (κ2) is 9.31. The molecule has 0 saturated heterocycles. The van der Waals surface area contributed by atoms with Gasteiger partial charge in [0.2, 0.25) is 5.90 Å². The van der Waals surface area contributed by atoms with Gasteiger partial charge in [0.25, 0.3) is 5.69 Å². The molecule has 166 valence electrons. The molecule has 9 heteroatoms. The first kappa shape index (κ1) is 21.7. The number of non-ortho nitro benzene ring substituents is 1. The van der Waals surface area contributed by atoms with Gasteiger partial charge in [-0.25, -0.2) is 14.2 Å². The second-order valence-corrected chi connectivity index (χ2v) is 6.97. The molecule has 3 aromatic carbocycles. The summed E-state index contributed by atoms with van der Waals surface area (Å²) in [4.78, 5) is 26.7. The molecular formula is C24H17FN2O6. The molecule has 0 aromatic heterocycles. The summed E-state index contributed by atoms with van der Waals surface area (Å²) in [5.74, 6) is -0.0567. The number of hydrogen-bond acceptors (Lipinski definition) is 7. The van der Waals surface area contributed by atoms with Gasteiger partial charge >= 0.3 is 5.97 Å². The van der Waals surface area contributed by atoms with E-state index in [0.29, 0.717) is 28.2 Å². The molecule has 0 unspecified atom stereocenters. The van der Waals surface area contributed by atoms with Crippen LogP contribution in [0.15, 0.2) is 77.4 Å². The Morgan fingerprint density at radius 1 is 1.09 bits per heavy atom. The molecular weight excluding hydrogens is 431 g/mol. The van der Waals surface area contributed by atoms with Crippen LogP contribution in [0.5, 0.6) is 11.5 Å². The molecule has 0 saturated carbocycles. The number of aliphatic imine (C=N–C) groups is 1. The van der Waals surface area contributed by atoms with Crippen LogP contribution < -0.4 is 9.47 Å². The van der Waals surface area contributed by atoms with Gasteiger partial charge < -0.3 is 14.2 Å². The van der Waals surface area contributed by atoms with Crippen LogP contribution in [0.4, 0.5) is 10.1 Å². The standard InChI is InChI=1S/C24H17FN2O6/c1-31-22-13-15(5-10-21(22)32-14-16-3-2-4-18(25)11-16)12-20-24(28)33-23(26-20)17-6-8-19(9-7-17)27(29)30/h2-13H,14H2,1H3/b20-12-. The van der Waals surface area contributed by atoms with Crippen LogP contribution in [0.25, 0.3) is 6.08 Å². The van der Waals surface area contributed by atoms with E-state index in [4.69, 9.17) is 14.2 Å². The maximum Gasteiger partial charge on any atom is 0.363 e. The average Bonchev–Trinajstić information content (AvgIpc) is 3.18. The van der Waals surface area contributed by atoms with E-state index in [9.17, 15) is 19.3 Å². The number of hydrogen-bond donors (Lipinski definition) is 0. The molecule has 0 spiro atoms. The third-order valence-electron chi connectivity index (χ3n) is 4.72. The van der Waals surface area contributed by atoms with Crippen LogP contribution in [0, 0.1) is 15.9 Å². The fourth-order valence-electron chi connectivity index (χ4n) is 3.10. The number of esters is 1. The van der Waals surface area contributed by atoms with Crippen molar-refractivity contribution in [1.82, 2.24) is 0 Å². The highest BCUT2D eigenvalue weighted by atomic mass is 19.1. The van der Waals surface area contributed by atoms with Gasteiger partial charge in [0, 0.05) is 17.7 Å². The third-order valence-corrected chi connectivity index (χ3v) is 4.72. The van der Waals surface area contributed by atoms with Crippen LogP contribution in [-0.2, 0) is 16.1 Å². The lowest BCUT2D eigenvalue weighted by molar-refractivity contribution is -0.384. The Morgan fingerprint density at radius 3 is 2.58 bits per heavy atom. The van der Waals surface area contributed by atoms with Crippen molar-refractivity contribution in [2.24, 2.45) is 4.99 Å². The summed E-state index contributed by atoms with van der Waals surface area (Å²) in [5.41, 5.74) is 1.72. The number of nitro benzene ring substituents is 1. The lowest BCUT2D eigenvalue weighted by Crippen LogP contribution is -2.05. The van der Waals surface area contributed by atoms with Gasteiger partial charge in [0.05, 0.1) is 12.0 Å². The van der Waals surface area contributed by atoms with Crippen molar-refractivity contribution in [2.45, 2.75) is 6.61 Å². The van der Waals surface area contributed by atoms with Crippen LogP contribution in [-0.4, -0.2) is 23.9 Å². The largest absolute Gasteiger partial charge is 0.493 e. The maximum absolute atomic E-state index is 13.3. The highest BCUT2D eigenvalue weighted by molar-refractivity contribution is 6.12. The first-order valence-corrected chi connectivity index (χ1v) is 9.75. The maximum atomic E-state index is 13.3. The molecule has 3 aromatic rings. The molecule has 0 radical (unpaired) electrons. The van der Waals surface area contributed by atoms with Crippen molar-refractivity contribution in [2.75, 3.05) is 7.11 Å². The molecule has 1 heterocycles. The number of halogens is 1. The summed E-state index contributed by atoms with van der Waals surface area (Å²) in [6.07, 6.45) is 1.53. The summed E-state index contributed by atoms with van der Waals surface area (Å²) >= 11 is 0. The first-order valence-electron chi connectivity index (χ1n) is 9.75. The van der Waals surface area contributed by atoms with Crippen molar-refractivity contribution in [3.05, 3.63) is 105 Å². The van der Waals surface area contributed by atoms with E-state index in [0.717, 1.165) is 0 Å². The molecule has 0 atom stereocenters. The number of benzene rings is 3. The molecule has 4 rings (SSSR count). The summed E-state index contributed by atoms with van der Waals surface area (Å²) in [7, 11) is 1.48. The number of rotatable bonds is 7. The summed E-state index contributed by atoms with van der Waals surface area (Å²) < 4.78 is 29.6. The highest BCUT2D eigenvalue weighted by Crippen LogP contribution is 2.30. The number of ether oxygens (including phenoxy) is 3. The Kier molecular flexibility index (Phi) is 6.12. The average molecular weight is 448 g/mol. The number of carbonyl (C=O) groups excluding carboxylic acids is 1. The Hall–Kier alpha value is -4.53. The van der Waals surface area contributed by atoms with Crippen molar-refractivity contribution >= 4 is 23.6 Å². The Balaban J connectivity index is 1.53. The number of cyclic esters (lactones) is 1. The van der Waals surface area contributed by atoms with Crippen LogP contribution >= 0.6 is 0 Å². The van der Waals surface area contributed by atoms with Crippen LogP contribution in [0.2, 0.25) is 0 Å². The lowest BCUT2D eigenvalue weighted by atomic mass is 10.1. The van der Waals surface area contributed by atoms with Gasteiger partial charge in [-0.05, 0) is 53.6 Å². The predicted molar refractivity (Wildman–Crippen MR) is 117 cm³/mol. The van der Waals surface area contributed by atoms with Crippen molar-refractivity contribution in [1.29, 1.82) is 0 Å². The SMILES string of the molecule is COc1cc(/C=C2\N=C(c3ccc([N+](=O)[O-])cc3)OC2=O)ccc1OCc1cccc(F)c1. The number of nitro groups is 1. The Bertz CT molecular complexity index is 1280. The minimum Gasteiger partial charge on any atom is -0.493 e. The Labute approximate surface area is 187 Å². The van der Waals surface area contributed by atoms with Crippen LogP contribution in [0.1, 0.15) is 16.7 Å². The summed E-state index contributed by atoms with van der Waals surface area (Å²) in [5, 5.41) is 10.8. The molecule has 0 aliphatic carbocycles. The van der Waals surface area contributed by atoms with Crippen LogP contribution in [0.3, 0.4) is 0 Å². The molecule has 33 heavy (non-hydrogen) atoms. The zero-order valence-corrected chi connectivity index (χ0v) is 17.4. The summed E-state index contributed by atoms with van der Waals surface area (Å²) in [6, 6.07) is 16.7. The monoisotopic (exact) mass is 448 g/mol. The van der Waals surface area contributed by atoms with E-state index >= 15 is 0 Å². The number of methoxy groups -OCH3 is 1. The van der Waals surface area contributed by atoms with E-state index in [1.807, 2.05) is 0 Å². The molecule has 0 N–H and O–H groups in total. The normalized spacial score (nSPS) is 14.1. The topological polar surface area (TPSA) is 100 Å². The highest BCUT2D eigenvalue weighted by Gasteiger charge is 2.24. The molecule has 0 fully saturated rings. The quantitative estimate of drug-likeness (QED) is 0.225. The summed E-state index contributed by atoms with van der Waals surface area (Å²) in [6.45, 7) is 0.157. The predicted octanol–water partition coefficient (Wildman–Crippen LogP) is 4.67. The van der Waals surface area contributed by atoms with E-state index in [-0.39, 0.29) is 29.7 Å². The van der Waals surface area contributed by atoms with Crippen molar-refractivity contribution in [3.8, 4) is 11.5 Å². The lowest BCUT2D eigenvalue weighted by Gasteiger charge is -2.11. The van der Waals surface area contributed by atoms with Crippen molar-refractivity contribution in [3.63, 3.8) is 0 Å². The van der Waals surface area contributed by atoms with E-state index in [2.05, 4.69) is 4.99 Å². The molecule has 0 bridgehead atoms. The Morgan fingerprint density at radius 2 is 1.88 bits per heavy atom. The molecule has 0 amide bonds. The smallest absolute Gasteiger partial charge is 0.363 e. The molecule has 1 aliphatic rings. The van der Waals surface area contributed by atoms with E-state index < -0.39 is 10.9 Å². The zero-order valence-electron chi connectivity index (χ0n) is 17.4. The fraction of sp³-hybridized carbons (Fsp3) is 0.0833.